The summed E-state index contributed by atoms with van der Waals surface area (Å²) in [5, 5.41) is 21.5. The molecule has 0 unspecified atom stereocenters. The number of carbonyl (C=O) groups is 1. The summed E-state index contributed by atoms with van der Waals surface area (Å²) in [5.41, 5.74) is 6.04. The molecule has 0 spiro atoms. The minimum absolute atomic E-state index is 0.328. The summed E-state index contributed by atoms with van der Waals surface area (Å²) in [7, 11) is 1.54. The van der Waals surface area contributed by atoms with E-state index in [2.05, 4.69) is 27.4 Å². The first-order valence-corrected chi connectivity index (χ1v) is 12.4. The number of fused-ring (bicyclic) bond motifs is 1. The number of carbonyl (C=O) groups excluding carboxylic acids is 1. The topological polar surface area (TPSA) is 125 Å². The second-order valence-corrected chi connectivity index (χ2v) is 9.40. The summed E-state index contributed by atoms with van der Waals surface area (Å²) in [5.74, 6) is 0.158. The quantitative estimate of drug-likeness (QED) is 0.297. The Kier molecular flexibility index (Phi) is 6.77. The van der Waals surface area contributed by atoms with Gasteiger partial charge in [0.15, 0.2) is 5.13 Å². The average molecular weight is 517 g/mol. The Morgan fingerprint density at radius 1 is 1.03 bits per heavy atom. The van der Waals surface area contributed by atoms with Gasteiger partial charge >= 0.3 is 0 Å². The lowest BCUT2D eigenvalue weighted by Gasteiger charge is -2.13. The zero-order valence-corrected chi connectivity index (χ0v) is 21.3. The van der Waals surface area contributed by atoms with E-state index in [0.29, 0.717) is 49.9 Å². The van der Waals surface area contributed by atoms with E-state index >= 15 is 0 Å². The van der Waals surface area contributed by atoms with Crippen LogP contribution in [0, 0.1) is 29.6 Å². The number of nitrogens with zero attached hydrogens (tertiary/aromatic N) is 5. The Bertz CT molecular complexity index is 1760. The number of aryl methyl sites for hydroxylation is 1. The van der Waals surface area contributed by atoms with Gasteiger partial charge in [0, 0.05) is 28.6 Å². The van der Waals surface area contributed by atoms with Gasteiger partial charge in [-0.1, -0.05) is 35.6 Å². The SMILES string of the molecule is COc1ccc(C#N)cc1-c1cc(C)ncc1C(=O)Nc1nc2ccc(-c3ccc(CC#N)cc3)nc2s1. The molecule has 38 heavy (non-hydrogen) atoms. The molecule has 0 fully saturated rings. The number of aromatic nitrogens is 3. The van der Waals surface area contributed by atoms with Crippen LogP contribution in [0.15, 0.2) is 66.9 Å². The number of methoxy groups -OCH3 is 1. The predicted molar refractivity (Wildman–Crippen MR) is 146 cm³/mol. The molecular weight excluding hydrogens is 496 g/mol. The first-order chi connectivity index (χ1) is 18.5. The van der Waals surface area contributed by atoms with Gasteiger partial charge in [0.2, 0.25) is 0 Å². The van der Waals surface area contributed by atoms with Gasteiger partial charge in [-0.05, 0) is 48.9 Å². The molecule has 0 bridgehead atoms. The molecule has 0 aliphatic heterocycles. The zero-order valence-electron chi connectivity index (χ0n) is 20.5. The van der Waals surface area contributed by atoms with Gasteiger partial charge in [0.05, 0.1) is 42.5 Å². The summed E-state index contributed by atoms with van der Waals surface area (Å²) in [6.07, 6.45) is 1.87. The molecule has 3 heterocycles. The Hall–Kier alpha value is -5.12. The number of hydrogen-bond acceptors (Lipinski definition) is 8. The smallest absolute Gasteiger partial charge is 0.259 e. The number of amides is 1. The lowest BCUT2D eigenvalue weighted by Crippen LogP contribution is -2.14. The summed E-state index contributed by atoms with van der Waals surface area (Å²) in [6.45, 7) is 1.83. The van der Waals surface area contributed by atoms with Gasteiger partial charge in [-0.2, -0.15) is 10.5 Å². The van der Waals surface area contributed by atoms with Crippen molar-refractivity contribution in [2.24, 2.45) is 0 Å². The van der Waals surface area contributed by atoms with Gasteiger partial charge in [0.1, 0.15) is 16.1 Å². The molecule has 0 radical (unpaired) electrons. The van der Waals surface area contributed by atoms with Crippen LogP contribution in [-0.4, -0.2) is 28.0 Å². The summed E-state index contributed by atoms with van der Waals surface area (Å²) in [6, 6.07) is 22.6. The standard InChI is InChI=1S/C29H20N6O2S/c1-17-13-21(22-14-19(15-31)5-10-26(22)37-2)23(16-32-17)27(36)35-29-34-25-9-8-24(33-28(25)38-29)20-6-3-18(4-7-20)11-12-30/h3-10,13-14,16H,11H2,1-2H3,(H,34,35,36). The van der Waals surface area contributed by atoms with Crippen LogP contribution in [0.25, 0.3) is 32.7 Å². The third-order valence-corrected chi connectivity index (χ3v) is 6.79. The lowest BCUT2D eigenvalue weighted by atomic mass is 9.97. The molecule has 2 aromatic carbocycles. The number of benzene rings is 2. The fourth-order valence-electron chi connectivity index (χ4n) is 4.03. The number of ether oxygens (including phenoxy) is 1. The molecule has 5 rings (SSSR count). The maximum atomic E-state index is 13.4. The molecule has 0 aliphatic rings. The molecule has 9 heteroatoms. The number of pyridine rings is 2. The van der Waals surface area contributed by atoms with Gasteiger partial charge in [-0.15, -0.1) is 0 Å². The number of rotatable bonds is 6. The van der Waals surface area contributed by atoms with Crippen molar-refractivity contribution in [1.82, 2.24) is 15.0 Å². The molecule has 0 saturated heterocycles. The predicted octanol–water partition coefficient (Wildman–Crippen LogP) is 5.93. The highest BCUT2D eigenvalue weighted by molar-refractivity contribution is 7.22. The maximum absolute atomic E-state index is 13.4. The molecule has 1 N–H and O–H groups in total. The Morgan fingerprint density at radius 2 is 1.84 bits per heavy atom. The highest BCUT2D eigenvalue weighted by Crippen LogP contribution is 2.34. The normalized spacial score (nSPS) is 10.5. The average Bonchev–Trinajstić information content (AvgIpc) is 3.34. The van der Waals surface area contributed by atoms with E-state index in [1.807, 2.05) is 43.3 Å². The van der Waals surface area contributed by atoms with Gasteiger partial charge < -0.3 is 4.74 Å². The first-order valence-electron chi connectivity index (χ1n) is 11.6. The van der Waals surface area contributed by atoms with Crippen molar-refractivity contribution >= 4 is 32.7 Å². The Balaban J connectivity index is 1.46. The molecule has 0 saturated carbocycles. The van der Waals surface area contributed by atoms with Crippen molar-refractivity contribution in [1.29, 1.82) is 10.5 Å². The maximum Gasteiger partial charge on any atom is 0.259 e. The van der Waals surface area contributed by atoms with Crippen LogP contribution in [0.1, 0.15) is 27.2 Å². The number of nitriles is 2. The monoisotopic (exact) mass is 516 g/mol. The number of anilines is 1. The second kappa shape index (κ2) is 10.5. The number of thiazole rings is 1. The fourth-order valence-corrected chi connectivity index (χ4v) is 4.87. The van der Waals surface area contributed by atoms with Crippen LogP contribution >= 0.6 is 11.3 Å². The molecule has 0 aliphatic carbocycles. The summed E-state index contributed by atoms with van der Waals surface area (Å²) < 4.78 is 5.50. The number of hydrogen-bond donors (Lipinski definition) is 1. The molecule has 184 valence electrons. The van der Waals surface area contributed by atoms with E-state index in [4.69, 9.17) is 15.0 Å². The van der Waals surface area contributed by atoms with Crippen molar-refractivity contribution in [3.63, 3.8) is 0 Å². The van der Waals surface area contributed by atoms with E-state index in [9.17, 15) is 10.1 Å². The second-order valence-electron chi connectivity index (χ2n) is 8.42. The van der Waals surface area contributed by atoms with E-state index in [0.717, 1.165) is 22.5 Å². The van der Waals surface area contributed by atoms with E-state index < -0.39 is 0 Å². The highest BCUT2D eigenvalue weighted by atomic mass is 32.1. The van der Waals surface area contributed by atoms with Crippen LogP contribution in [0.5, 0.6) is 5.75 Å². The van der Waals surface area contributed by atoms with Gasteiger partial charge in [-0.25, -0.2) is 9.97 Å². The largest absolute Gasteiger partial charge is 0.496 e. The lowest BCUT2D eigenvalue weighted by molar-refractivity contribution is 0.102. The third-order valence-electron chi connectivity index (χ3n) is 5.91. The van der Waals surface area contributed by atoms with Crippen molar-refractivity contribution in [3.05, 3.63) is 89.2 Å². The highest BCUT2D eigenvalue weighted by Gasteiger charge is 2.19. The summed E-state index contributed by atoms with van der Waals surface area (Å²) >= 11 is 1.27. The van der Waals surface area contributed by atoms with Gasteiger partial charge in [-0.3, -0.25) is 15.1 Å². The first kappa shape index (κ1) is 24.6. The van der Waals surface area contributed by atoms with Crippen molar-refractivity contribution in [2.45, 2.75) is 13.3 Å². The zero-order chi connectivity index (χ0) is 26.6. The van der Waals surface area contributed by atoms with E-state index in [-0.39, 0.29) is 5.91 Å². The van der Waals surface area contributed by atoms with Crippen LogP contribution < -0.4 is 10.1 Å². The van der Waals surface area contributed by atoms with Crippen molar-refractivity contribution in [3.8, 4) is 40.3 Å². The van der Waals surface area contributed by atoms with Crippen LogP contribution in [-0.2, 0) is 6.42 Å². The van der Waals surface area contributed by atoms with Crippen molar-refractivity contribution in [2.75, 3.05) is 12.4 Å². The van der Waals surface area contributed by atoms with Crippen molar-refractivity contribution < 1.29 is 9.53 Å². The van der Waals surface area contributed by atoms with Gasteiger partial charge in [0.25, 0.3) is 5.91 Å². The minimum Gasteiger partial charge on any atom is -0.496 e. The minimum atomic E-state index is -0.385. The molecule has 8 nitrogen and oxygen atoms in total. The summed E-state index contributed by atoms with van der Waals surface area (Å²) in [4.78, 5) is 27.6. The van der Waals surface area contributed by atoms with E-state index in [1.54, 1.807) is 31.4 Å². The molecule has 1 amide bonds. The Morgan fingerprint density at radius 3 is 2.58 bits per heavy atom. The number of nitrogens with one attached hydrogen (secondary N) is 1. The Labute approximate surface area is 222 Å². The van der Waals surface area contributed by atoms with Crippen LogP contribution in [0.3, 0.4) is 0 Å². The molecular formula is C29H20N6O2S. The van der Waals surface area contributed by atoms with Crippen LogP contribution in [0.4, 0.5) is 5.13 Å². The molecule has 0 atom stereocenters. The van der Waals surface area contributed by atoms with E-state index in [1.165, 1.54) is 17.5 Å². The molecule has 3 aromatic heterocycles. The fraction of sp³-hybridized carbons (Fsp3) is 0.103. The molecule has 5 aromatic rings. The third kappa shape index (κ3) is 4.92. The van der Waals surface area contributed by atoms with Crippen LogP contribution in [0.2, 0.25) is 0 Å².